The third kappa shape index (κ3) is 3.88. The Labute approximate surface area is 165 Å². The molecule has 7 nitrogen and oxygen atoms in total. The van der Waals surface area contributed by atoms with E-state index < -0.39 is 6.04 Å². The van der Waals surface area contributed by atoms with Gasteiger partial charge < -0.3 is 15.5 Å². The molecule has 0 spiro atoms. The van der Waals surface area contributed by atoms with Crippen molar-refractivity contribution in [3.63, 3.8) is 0 Å². The highest BCUT2D eigenvalue weighted by Crippen LogP contribution is 2.36. The standard InChI is InChI=1S/C21H28N4O3/c1-5-25-16-11-24(12-17(26)22-10-13(2)3)20(27)18(16)19(23-21(25)28)15-8-6-14(4)7-9-15/h6-9,13,19H,5,10-12H2,1-4H3,(H,22,26)(H,23,28)/t19-/m0/s1. The summed E-state index contributed by atoms with van der Waals surface area (Å²) in [5.41, 5.74) is 3.22. The van der Waals surface area contributed by atoms with Crippen molar-refractivity contribution >= 4 is 17.8 Å². The lowest BCUT2D eigenvalue weighted by Crippen LogP contribution is -2.47. The highest BCUT2D eigenvalue weighted by molar-refractivity contribution is 6.03. The van der Waals surface area contributed by atoms with Gasteiger partial charge in [-0.15, -0.1) is 0 Å². The van der Waals surface area contributed by atoms with Crippen molar-refractivity contribution in [2.24, 2.45) is 5.92 Å². The Morgan fingerprint density at radius 2 is 1.93 bits per heavy atom. The van der Waals surface area contributed by atoms with Crippen LogP contribution in [0.2, 0.25) is 0 Å². The molecule has 1 aromatic rings. The maximum atomic E-state index is 13.1. The summed E-state index contributed by atoms with van der Waals surface area (Å²) in [5, 5.41) is 5.80. The Morgan fingerprint density at radius 1 is 1.25 bits per heavy atom. The summed E-state index contributed by atoms with van der Waals surface area (Å²) in [6, 6.07) is 7.07. The summed E-state index contributed by atoms with van der Waals surface area (Å²) in [5.74, 6) is -0.0391. The molecule has 7 heteroatoms. The van der Waals surface area contributed by atoms with Crippen LogP contribution in [0.5, 0.6) is 0 Å². The Hall–Kier alpha value is -2.83. The van der Waals surface area contributed by atoms with Gasteiger partial charge in [0.25, 0.3) is 5.91 Å². The Balaban J connectivity index is 1.86. The van der Waals surface area contributed by atoms with E-state index in [0.29, 0.717) is 30.3 Å². The molecule has 0 unspecified atom stereocenters. The molecule has 2 aliphatic heterocycles. The van der Waals surface area contributed by atoms with E-state index >= 15 is 0 Å². The summed E-state index contributed by atoms with van der Waals surface area (Å²) < 4.78 is 0. The van der Waals surface area contributed by atoms with E-state index in [2.05, 4.69) is 10.6 Å². The summed E-state index contributed by atoms with van der Waals surface area (Å²) in [6.07, 6.45) is 0. The van der Waals surface area contributed by atoms with E-state index in [0.717, 1.165) is 11.1 Å². The molecule has 1 atom stereocenters. The summed E-state index contributed by atoms with van der Waals surface area (Å²) in [7, 11) is 0. The van der Waals surface area contributed by atoms with Crippen LogP contribution in [0.1, 0.15) is 37.9 Å². The number of hydrogen-bond donors (Lipinski definition) is 2. The van der Waals surface area contributed by atoms with Crippen LogP contribution < -0.4 is 10.6 Å². The number of carbonyl (C=O) groups excluding carboxylic acids is 3. The predicted octanol–water partition coefficient (Wildman–Crippen LogP) is 1.95. The van der Waals surface area contributed by atoms with Gasteiger partial charge in [-0.3, -0.25) is 14.5 Å². The number of urea groups is 1. The fraction of sp³-hybridized carbons (Fsp3) is 0.476. The Bertz CT molecular complexity index is 813. The number of nitrogens with zero attached hydrogens (tertiary/aromatic N) is 2. The topological polar surface area (TPSA) is 81.8 Å². The molecule has 150 valence electrons. The molecule has 3 rings (SSSR count). The van der Waals surface area contributed by atoms with Gasteiger partial charge in [-0.2, -0.15) is 0 Å². The highest BCUT2D eigenvalue weighted by Gasteiger charge is 2.43. The zero-order valence-electron chi connectivity index (χ0n) is 16.9. The quantitative estimate of drug-likeness (QED) is 0.787. The first-order chi connectivity index (χ1) is 13.3. The van der Waals surface area contributed by atoms with Gasteiger partial charge in [-0.25, -0.2) is 4.79 Å². The van der Waals surface area contributed by atoms with Crippen molar-refractivity contribution < 1.29 is 14.4 Å². The summed E-state index contributed by atoms with van der Waals surface area (Å²) in [6.45, 7) is 9.20. The second kappa shape index (κ2) is 8.04. The molecule has 4 amide bonds. The zero-order valence-corrected chi connectivity index (χ0v) is 16.9. The highest BCUT2D eigenvalue weighted by atomic mass is 16.2. The molecule has 1 aromatic carbocycles. The maximum absolute atomic E-state index is 13.1. The largest absolute Gasteiger partial charge is 0.354 e. The smallest absolute Gasteiger partial charge is 0.322 e. The molecular weight excluding hydrogens is 356 g/mol. The van der Waals surface area contributed by atoms with Crippen molar-refractivity contribution in [3.8, 4) is 0 Å². The Kier molecular flexibility index (Phi) is 5.72. The second-order valence-corrected chi connectivity index (χ2v) is 7.76. The van der Waals surface area contributed by atoms with Crippen LogP contribution in [0.25, 0.3) is 0 Å². The fourth-order valence-corrected chi connectivity index (χ4v) is 3.57. The summed E-state index contributed by atoms with van der Waals surface area (Å²) in [4.78, 5) is 41.1. The minimum absolute atomic E-state index is 0.00901. The normalized spacial score (nSPS) is 19.2. The first-order valence-corrected chi connectivity index (χ1v) is 9.75. The van der Waals surface area contributed by atoms with Crippen molar-refractivity contribution in [3.05, 3.63) is 46.7 Å². The van der Waals surface area contributed by atoms with Crippen molar-refractivity contribution in [1.29, 1.82) is 0 Å². The van der Waals surface area contributed by atoms with E-state index in [1.54, 1.807) is 4.90 Å². The molecule has 2 aliphatic rings. The number of benzene rings is 1. The molecular formula is C21H28N4O3. The van der Waals surface area contributed by atoms with Gasteiger partial charge in [0.2, 0.25) is 5.91 Å². The minimum Gasteiger partial charge on any atom is -0.354 e. The predicted molar refractivity (Wildman–Crippen MR) is 106 cm³/mol. The molecule has 28 heavy (non-hydrogen) atoms. The molecule has 0 fully saturated rings. The number of likely N-dealkylation sites (N-methyl/N-ethyl adjacent to an activating group) is 1. The van der Waals surface area contributed by atoms with E-state index in [9.17, 15) is 14.4 Å². The number of aryl methyl sites for hydroxylation is 1. The monoisotopic (exact) mass is 384 g/mol. The lowest BCUT2D eigenvalue weighted by Gasteiger charge is -2.32. The number of hydrogen-bond acceptors (Lipinski definition) is 3. The van der Waals surface area contributed by atoms with Crippen LogP contribution in [-0.4, -0.2) is 53.8 Å². The zero-order chi connectivity index (χ0) is 20.4. The van der Waals surface area contributed by atoms with Gasteiger partial charge >= 0.3 is 6.03 Å². The van der Waals surface area contributed by atoms with Crippen molar-refractivity contribution in [2.75, 3.05) is 26.2 Å². The molecule has 0 saturated carbocycles. The SMILES string of the molecule is CCN1C(=O)N[C@@H](c2ccc(C)cc2)C2=C1CN(CC(=O)NCC(C)C)C2=O. The van der Waals surface area contributed by atoms with Crippen LogP contribution in [0.3, 0.4) is 0 Å². The average molecular weight is 384 g/mol. The molecule has 0 aliphatic carbocycles. The Morgan fingerprint density at radius 3 is 2.54 bits per heavy atom. The van der Waals surface area contributed by atoms with Crippen LogP contribution >= 0.6 is 0 Å². The van der Waals surface area contributed by atoms with Crippen LogP contribution in [0.4, 0.5) is 4.79 Å². The number of nitrogens with one attached hydrogen (secondary N) is 2. The van der Waals surface area contributed by atoms with Gasteiger partial charge in [-0.1, -0.05) is 43.7 Å². The van der Waals surface area contributed by atoms with Crippen molar-refractivity contribution in [1.82, 2.24) is 20.4 Å². The van der Waals surface area contributed by atoms with Crippen molar-refractivity contribution in [2.45, 2.75) is 33.7 Å². The summed E-state index contributed by atoms with van der Waals surface area (Å²) >= 11 is 0. The van der Waals surface area contributed by atoms with Crippen LogP contribution in [-0.2, 0) is 9.59 Å². The molecule has 0 aromatic heterocycles. The van der Waals surface area contributed by atoms with Gasteiger partial charge in [-0.05, 0) is 25.3 Å². The van der Waals surface area contributed by atoms with Crippen LogP contribution in [0.15, 0.2) is 35.5 Å². The first kappa shape index (κ1) is 19.9. The van der Waals surface area contributed by atoms with Gasteiger partial charge in [0.15, 0.2) is 0 Å². The molecule has 2 heterocycles. The van der Waals surface area contributed by atoms with E-state index in [1.165, 1.54) is 4.90 Å². The number of rotatable bonds is 6. The fourth-order valence-electron chi connectivity index (χ4n) is 3.57. The third-order valence-corrected chi connectivity index (χ3v) is 5.07. The minimum atomic E-state index is -0.498. The number of carbonyl (C=O) groups is 3. The number of amides is 4. The van der Waals surface area contributed by atoms with Crippen LogP contribution in [0, 0.1) is 12.8 Å². The van der Waals surface area contributed by atoms with E-state index in [-0.39, 0.29) is 30.9 Å². The lowest BCUT2D eigenvalue weighted by atomic mass is 9.95. The van der Waals surface area contributed by atoms with E-state index in [1.807, 2.05) is 52.0 Å². The van der Waals surface area contributed by atoms with Gasteiger partial charge in [0.1, 0.15) is 6.54 Å². The molecule has 0 radical (unpaired) electrons. The molecule has 0 bridgehead atoms. The molecule has 0 saturated heterocycles. The third-order valence-electron chi connectivity index (χ3n) is 5.07. The molecule has 2 N–H and O–H groups in total. The second-order valence-electron chi connectivity index (χ2n) is 7.76. The van der Waals surface area contributed by atoms with Gasteiger partial charge in [0.05, 0.1) is 23.9 Å². The average Bonchev–Trinajstić information content (AvgIpc) is 2.96. The van der Waals surface area contributed by atoms with E-state index in [4.69, 9.17) is 0 Å². The lowest BCUT2D eigenvalue weighted by molar-refractivity contribution is -0.132. The van der Waals surface area contributed by atoms with Gasteiger partial charge in [0, 0.05) is 13.1 Å². The first-order valence-electron chi connectivity index (χ1n) is 9.75. The maximum Gasteiger partial charge on any atom is 0.322 e.